The van der Waals surface area contributed by atoms with Crippen LogP contribution < -0.4 is 10.2 Å². The van der Waals surface area contributed by atoms with Crippen molar-refractivity contribution in [2.24, 2.45) is 0 Å². The molecule has 6 nitrogen and oxygen atoms in total. The van der Waals surface area contributed by atoms with Gasteiger partial charge in [-0.3, -0.25) is 4.90 Å². The first kappa shape index (κ1) is 14.2. The summed E-state index contributed by atoms with van der Waals surface area (Å²) in [6.45, 7) is 6.45. The fourth-order valence-electron chi connectivity index (χ4n) is 1.98. The number of benzene rings is 1. The van der Waals surface area contributed by atoms with E-state index in [0.717, 1.165) is 0 Å². The molecule has 0 unspecified atom stereocenters. The van der Waals surface area contributed by atoms with Gasteiger partial charge in [0.25, 0.3) is 0 Å². The first-order chi connectivity index (χ1) is 9.28. The second-order valence-electron chi connectivity index (χ2n) is 5.60. The van der Waals surface area contributed by atoms with Crippen LogP contribution in [-0.4, -0.2) is 35.9 Å². The Morgan fingerprint density at radius 3 is 2.65 bits per heavy atom. The maximum Gasteiger partial charge on any atom is 0.414 e. The fourth-order valence-corrected chi connectivity index (χ4v) is 1.98. The number of hydrogen-bond donors (Lipinski definition) is 2. The highest BCUT2D eigenvalue weighted by Gasteiger charge is 2.27. The first-order valence-corrected chi connectivity index (χ1v) is 6.40. The number of nitrogens with one attached hydrogen (secondary N) is 1. The van der Waals surface area contributed by atoms with Gasteiger partial charge in [0.1, 0.15) is 5.60 Å². The van der Waals surface area contributed by atoms with E-state index in [2.05, 4.69) is 5.32 Å². The predicted octanol–water partition coefficient (Wildman–Crippen LogP) is 2.55. The monoisotopic (exact) mass is 278 g/mol. The molecule has 6 heteroatoms. The summed E-state index contributed by atoms with van der Waals surface area (Å²) in [5.74, 6) is -0.996. The topological polar surface area (TPSA) is 78.9 Å². The van der Waals surface area contributed by atoms with Crippen LogP contribution in [0.2, 0.25) is 0 Å². The molecule has 0 spiro atoms. The third-order valence-corrected chi connectivity index (χ3v) is 2.80. The molecule has 1 amide bonds. The van der Waals surface area contributed by atoms with Crippen molar-refractivity contribution in [3.05, 3.63) is 23.8 Å². The number of carbonyl (C=O) groups is 2. The third-order valence-electron chi connectivity index (χ3n) is 2.80. The van der Waals surface area contributed by atoms with Crippen molar-refractivity contribution in [2.45, 2.75) is 26.4 Å². The van der Waals surface area contributed by atoms with Crippen LogP contribution in [0.25, 0.3) is 0 Å². The Labute approximate surface area is 117 Å². The number of rotatable bonds is 1. The number of amides is 1. The van der Waals surface area contributed by atoms with Crippen LogP contribution in [0, 0.1) is 0 Å². The Bertz CT molecular complexity index is 549. The van der Waals surface area contributed by atoms with Crippen molar-refractivity contribution in [2.75, 3.05) is 23.3 Å². The summed E-state index contributed by atoms with van der Waals surface area (Å²) in [5, 5.41) is 12.1. The normalized spacial score (nSPS) is 14.2. The van der Waals surface area contributed by atoms with E-state index in [1.165, 1.54) is 17.0 Å². The molecule has 0 atom stereocenters. The average Bonchev–Trinajstić information content (AvgIpc) is 2.35. The van der Waals surface area contributed by atoms with Crippen LogP contribution in [0.5, 0.6) is 0 Å². The van der Waals surface area contributed by atoms with E-state index in [0.29, 0.717) is 24.5 Å². The van der Waals surface area contributed by atoms with Crippen molar-refractivity contribution in [3.63, 3.8) is 0 Å². The lowest BCUT2D eigenvalue weighted by Crippen LogP contribution is -2.42. The fraction of sp³-hybridized carbons (Fsp3) is 0.429. The van der Waals surface area contributed by atoms with Crippen molar-refractivity contribution < 1.29 is 19.4 Å². The molecule has 0 saturated heterocycles. The first-order valence-electron chi connectivity index (χ1n) is 6.40. The smallest absolute Gasteiger partial charge is 0.414 e. The maximum atomic E-state index is 12.2. The van der Waals surface area contributed by atoms with Crippen molar-refractivity contribution in [1.82, 2.24) is 0 Å². The van der Waals surface area contributed by atoms with E-state index in [1.54, 1.807) is 6.07 Å². The van der Waals surface area contributed by atoms with Gasteiger partial charge >= 0.3 is 12.1 Å². The predicted molar refractivity (Wildman–Crippen MR) is 75.5 cm³/mol. The molecule has 0 aliphatic carbocycles. The molecule has 1 aliphatic heterocycles. The second-order valence-corrected chi connectivity index (χ2v) is 5.60. The molecule has 0 aromatic heterocycles. The quantitative estimate of drug-likeness (QED) is 0.825. The van der Waals surface area contributed by atoms with Crippen molar-refractivity contribution in [1.29, 1.82) is 0 Å². The van der Waals surface area contributed by atoms with Crippen LogP contribution in [0.4, 0.5) is 16.2 Å². The van der Waals surface area contributed by atoms with Crippen LogP contribution in [0.3, 0.4) is 0 Å². The summed E-state index contributed by atoms with van der Waals surface area (Å²) in [5.41, 5.74) is 0.878. The standard InChI is InChI=1S/C14H18N2O4/c1-14(2,3)20-13(19)16-7-6-15-10-8-9(12(17)18)4-5-11(10)16/h4-5,8,15H,6-7H2,1-3H3,(H,17,18). The van der Waals surface area contributed by atoms with E-state index in [-0.39, 0.29) is 5.56 Å². The molecule has 0 bridgehead atoms. The minimum Gasteiger partial charge on any atom is -0.478 e. The molecule has 0 saturated carbocycles. The minimum atomic E-state index is -0.996. The van der Waals surface area contributed by atoms with Gasteiger partial charge < -0.3 is 15.2 Å². The zero-order valence-electron chi connectivity index (χ0n) is 11.8. The van der Waals surface area contributed by atoms with Crippen molar-refractivity contribution in [3.8, 4) is 0 Å². The molecule has 0 fully saturated rings. The van der Waals surface area contributed by atoms with Crippen LogP contribution in [0.15, 0.2) is 18.2 Å². The third kappa shape index (κ3) is 3.01. The Morgan fingerprint density at radius 1 is 1.35 bits per heavy atom. The zero-order valence-corrected chi connectivity index (χ0v) is 11.8. The SMILES string of the molecule is CC(C)(C)OC(=O)N1CCNc2cc(C(=O)O)ccc21. The number of carbonyl (C=O) groups excluding carboxylic acids is 1. The van der Waals surface area contributed by atoms with E-state index in [9.17, 15) is 9.59 Å². The van der Waals surface area contributed by atoms with E-state index in [4.69, 9.17) is 9.84 Å². The number of ether oxygens (including phenoxy) is 1. The Hall–Kier alpha value is -2.24. The summed E-state index contributed by atoms with van der Waals surface area (Å²) in [6, 6.07) is 4.62. The largest absolute Gasteiger partial charge is 0.478 e. The van der Waals surface area contributed by atoms with Crippen LogP contribution >= 0.6 is 0 Å². The number of fused-ring (bicyclic) bond motifs is 1. The van der Waals surface area contributed by atoms with E-state index in [1.807, 2.05) is 20.8 Å². The van der Waals surface area contributed by atoms with E-state index < -0.39 is 17.7 Å². The number of nitrogens with zero attached hydrogens (tertiary/aromatic N) is 1. The molecule has 108 valence electrons. The van der Waals surface area contributed by atoms with Gasteiger partial charge in [0.15, 0.2) is 0 Å². The summed E-state index contributed by atoms with van der Waals surface area (Å²) in [7, 11) is 0. The molecule has 1 heterocycles. The molecule has 2 N–H and O–H groups in total. The highest BCUT2D eigenvalue weighted by molar-refractivity contribution is 5.96. The van der Waals surface area contributed by atoms with Gasteiger partial charge in [-0.2, -0.15) is 0 Å². The molecular formula is C14H18N2O4. The minimum absolute atomic E-state index is 0.183. The number of aromatic carboxylic acids is 1. The summed E-state index contributed by atoms with van der Waals surface area (Å²) in [6.07, 6.45) is -0.427. The molecule has 20 heavy (non-hydrogen) atoms. The van der Waals surface area contributed by atoms with Gasteiger partial charge in [0, 0.05) is 13.1 Å². The summed E-state index contributed by atoms with van der Waals surface area (Å²) < 4.78 is 5.35. The van der Waals surface area contributed by atoms with Gasteiger partial charge in [0.05, 0.1) is 16.9 Å². The molecular weight excluding hydrogens is 260 g/mol. The average molecular weight is 278 g/mol. The van der Waals surface area contributed by atoms with Gasteiger partial charge in [-0.05, 0) is 39.0 Å². The number of carboxylic acids is 1. The van der Waals surface area contributed by atoms with E-state index >= 15 is 0 Å². The Kier molecular flexibility index (Phi) is 3.57. The molecule has 1 aliphatic rings. The molecule has 2 rings (SSSR count). The van der Waals surface area contributed by atoms with Gasteiger partial charge in [-0.25, -0.2) is 9.59 Å². The zero-order chi connectivity index (χ0) is 14.9. The summed E-state index contributed by atoms with van der Waals surface area (Å²) >= 11 is 0. The Morgan fingerprint density at radius 2 is 2.05 bits per heavy atom. The van der Waals surface area contributed by atoms with Crippen LogP contribution in [-0.2, 0) is 4.74 Å². The maximum absolute atomic E-state index is 12.2. The van der Waals surface area contributed by atoms with Gasteiger partial charge in [-0.15, -0.1) is 0 Å². The highest BCUT2D eigenvalue weighted by Crippen LogP contribution is 2.31. The second kappa shape index (κ2) is 5.03. The highest BCUT2D eigenvalue weighted by atomic mass is 16.6. The van der Waals surface area contributed by atoms with Gasteiger partial charge in [0.2, 0.25) is 0 Å². The molecule has 0 radical (unpaired) electrons. The Balaban J connectivity index is 2.29. The lowest BCUT2D eigenvalue weighted by molar-refractivity contribution is 0.0580. The lowest BCUT2D eigenvalue weighted by atomic mass is 10.1. The van der Waals surface area contributed by atoms with Gasteiger partial charge in [-0.1, -0.05) is 0 Å². The molecule has 1 aromatic rings. The number of hydrogen-bond acceptors (Lipinski definition) is 4. The lowest BCUT2D eigenvalue weighted by Gasteiger charge is -2.32. The molecule has 1 aromatic carbocycles. The number of anilines is 2. The number of carboxylic acid groups (broad SMARTS) is 1. The van der Waals surface area contributed by atoms with Crippen molar-refractivity contribution >= 4 is 23.4 Å². The summed E-state index contributed by atoms with van der Waals surface area (Å²) in [4.78, 5) is 24.6. The van der Waals surface area contributed by atoms with Crippen LogP contribution in [0.1, 0.15) is 31.1 Å².